The molecule has 0 saturated heterocycles. The van der Waals surface area contributed by atoms with Gasteiger partial charge in [-0.25, -0.2) is 5.43 Å². The van der Waals surface area contributed by atoms with Crippen molar-refractivity contribution < 1.29 is 23.8 Å². The van der Waals surface area contributed by atoms with Gasteiger partial charge in [-0.1, -0.05) is 0 Å². The molecule has 2 aromatic rings. The largest absolute Gasteiger partial charge is 0.497 e. The number of ether oxygens (including phenoxy) is 3. The summed E-state index contributed by atoms with van der Waals surface area (Å²) < 4.78 is 16.9. The first kappa shape index (κ1) is 24.2. The third-order valence-electron chi connectivity index (χ3n) is 4.09. The molecule has 2 amide bonds. The number of nitrogens with zero attached hydrogens (tertiary/aromatic N) is 1. The summed E-state index contributed by atoms with van der Waals surface area (Å²) in [4.78, 5) is 24.5. The van der Waals surface area contributed by atoms with Gasteiger partial charge in [0.05, 0.1) is 31.0 Å². The number of carbonyl (C=O) groups is 2. The molecule has 1 unspecified atom stereocenters. The highest BCUT2D eigenvalue weighted by Gasteiger charge is 2.16. The highest BCUT2D eigenvalue weighted by molar-refractivity contribution is 9.10. The van der Waals surface area contributed by atoms with Crippen LogP contribution in [0.4, 0.5) is 0 Å². The van der Waals surface area contributed by atoms with Gasteiger partial charge in [0.25, 0.3) is 11.8 Å². The van der Waals surface area contributed by atoms with Crippen LogP contribution in [0.1, 0.15) is 36.7 Å². The van der Waals surface area contributed by atoms with E-state index in [4.69, 9.17) is 14.2 Å². The maximum atomic E-state index is 12.3. The molecular weight excluding hydrogens is 466 g/mol. The van der Waals surface area contributed by atoms with Gasteiger partial charge in [0.2, 0.25) is 0 Å². The number of hydrogen-bond acceptors (Lipinski definition) is 6. The smallest absolute Gasteiger partial charge is 0.262 e. The third-order valence-corrected chi connectivity index (χ3v) is 4.68. The number of hydrazone groups is 1. The number of rotatable bonds is 9. The molecule has 0 aliphatic rings. The number of carbonyl (C=O) groups excluding carboxylic acids is 2. The first-order valence-corrected chi connectivity index (χ1v) is 10.4. The second-order valence-electron chi connectivity index (χ2n) is 6.86. The molecule has 0 radical (unpaired) electrons. The van der Waals surface area contributed by atoms with E-state index in [0.29, 0.717) is 32.8 Å². The summed E-state index contributed by atoms with van der Waals surface area (Å²) in [5.41, 5.74) is 3.53. The lowest BCUT2D eigenvalue weighted by atomic mass is 10.2. The molecule has 2 aromatic carbocycles. The van der Waals surface area contributed by atoms with Gasteiger partial charge in [0.1, 0.15) is 11.8 Å². The van der Waals surface area contributed by atoms with Gasteiger partial charge < -0.3 is 19.5 Å². The Bertz CT molecular complexity index is 945. The Kier molecular flexibility index (Phi) is 8.87. The van der Waals surface area contributed by atoms with E-state index in [0.717, 1.165) is 0 Å². The lowest BCUT2D eigenvalue weighted by molar-refractivity contribution is -0.122. The van der Waals surface area contributed by atoms with Gasteiger partial charge in [-0.2, -0.15) is 5.10 Å². The Morgan fingerprint density at radius 3 is 2.32 bits per heavy atom. The molecule has 0 bridgehead atoms. The quantitative estimate of drug-likeness (QED) is 0.413. The van der Waals surface area contributed by atoms with E-state index >= 15 is 0 Å². The number of methoxy groups -OCH3 is 2. The predicted octanol–water partition coefficient (Wildman–Crippen LogP) is 3.52. The maximum Gasteiger partial charge on any atom is 0.262 e. The van der Waals surface area contributed by atoms with Crippen LogP contribution < -0.4 is 25.0 Å². The molecule has 8 nitrogen and oxygen atoms in total. The van der Waals surface area contributed by atoms with Crippen LogP contribution in [0.25, 0.3) is 0 Å². The molecule has 2 rings (SSSR count). The van der Waals surface area contributed by atoms with Crippen molar-refractivity contribution in [3.05, 3.63) is 52.0 Å². The normalized spacial score (nSPS) is 11.8. The van der Waals surface area contributed by atoms with E-state index in [1.54, 1.807) is 57.5 Å². The van der Waals surface area contributed by atoms with Gasteiger partial charge in [-0.15, -0.1) is 0 Å². The van der Waals surface area contributed by atoms with Crippen molar-refractivity contribution in [2.75, 3.05) is 14.2 Å². The lowest BCUT2D eigenvalue weighted by Crippen LogP contribution is -2.43. The van der Waals surface area contributed by atoms with Crippen LogP contribution in [0.5, 0.6) is 17.2 Å². The third kappa shape index (κ3) is 6.99. The van der Waals surface area contributed by atoms with Crippen LogP contribution >= 0.6 is 15.9 Å². The molecule has 0 aliphatic carbocycles. The van der Waals surface area contributed by atoms with E-state index in [1.165, 1.54) is 6.21 Å². The standard InChI is InChI=1S/C22H26BrN3O5/c1-13(2)31-20-18(23)10-15(11-19(20)30-5)12-24-26-21(27)14(3)25-22(28)16-6-8-17(29-4)9-7-16/h6-14H,1-5H3,(H,25,28)(H,26,27). The minimum absolute atomic E-state index is 0.0152. The van der Waals surface area contributed by atoms with Crippen molar-refractivity contribution in [2.24, 2.45) is 5.10 Å². The van der Waals surface area contributed by atoms with E-state index < -0.39 is 11.9 Å². The molecule has 0 fully saturated rings. The summed E-state index contributed by atoms with van der Waals surface area (Å²) in [6.45, 7) is 5.42. The zero-order valence-corrected chi connectivity index (χ0v) is 19.6. The molecule has 9 heteroatoms. The fourth-order valence-corrected chi connectivity index (χ4v) is 3.07. The summed E-state index contributed by atoms with van der Waals surface area (Å²) in [6.07, 6.45) is 1.46. The Labute approximate surface area is 190 Å². The van der Waals surface area contributed by atoms with Crippen LogP contribution in [-0.4, -0.2) is 44.4 Å². The second kappa shape index (κ2) is 11.4. The van der Waals surface area contributed by atoms with E-state index in [1.807, 2.05) is 13.8 Å². The van der Waals surface area contributed by atoms with E-state index in [-0.39, 0.29) is 12.0 Å². The van der Waals surface area contributed by atoms with E-state index in [2.05, 4.69) is 31.8 Å². The molecule has 0 saturated carbocycles. The average molecular weight is 492 g/mol. The maximum absolute atomic E-state index is 12.3. The molecule has 0 aromatic heterocycles. The average Bonchev–Trinajstić information content (AvgIpc) is 2.74. The number of hydrogen-bond donors (Lipinski definition) is 2. The zero-order chi connectivity index (χ0) is 23.0. The van der Waals surface area contributed by atoms with Gasteiger partial charge >= 0.3 is 0 Å². The van der Waals surface area contributed by atoms with Crippen molar-refractivity contribution >= 4 is 34.0 Å². The topological polar surface area (TPSA) is 98.2 Å². The fraction of sp³-hybridized carbons (Fsp3) is 0.318. The minimum atomic E-state index is -0.783. The van der Waals surface area contributed by atoms with Crippen LogP contribution in [0.15, 0.2) is 46.0 Å². The van der Waals surface area contributed by atoms with Crippen molar-refractivity contribution in [3.8, 4) is 17.2 Å². The summed E-state index contributed by atoms with van der Waals surface area (Å²) in [5.74, 6) is 0.945. The molecule has 166 valence electrons. The molecule has 0 heterocycles. The molecular formula is C22H26BrN3O5. The fourth-order valence-electron chi connectivity index (χ4n) is 2.52. The van der Waals surface area contributed by atoms with Gasteiger partial charge in [0.15, 0.2) is 11.5 Å². The molecule has 0 aliphatic heterocycles. The zero-order valence-electron chi connectivity index (χ0n) is 18.1. The van der Waals surface area contributed by atoms with Crippen LogP contribution in [0.2, 0.25) is 0 Å². The van der Waals surface area contributed by atoms with Gasteiger partial charge in [-0.05, 0) is 78.7 Å². The monoisotopic (exact) mass is 491 g/mol. The van der Waals surface area contributed by atoms with Crippen molar-refractivity contribution in [2.45, 2.75) is 32.9 Å². The highest BCUT2D eigenvalue weighted by Crippen LogP contribution is 2.36. The Morgan fingerprint density at radius 2 is 1.74 bits per heavy atom. The highest BCUT2D eigenvalue weighted by atomic mass is 79.9. The first-order chi connectivity index (χ1) is 14.7. The number of nitrogens with one attached hydrogen (secondary N) is 2. The van der Waals surface area contributed by atoms with Crippen molar-refractivity contribution in [3.63, 3.8) is 0 Å². The molecule has 1 atom stereocenters. The van der Waals surface area contributed by atoms with Gasteiger partial charge in [0, 0.05) is 5.56 Å². The van der Waals surface area contributed by atoms with Crippen LogP contribution in [0.3, 0.4) is 0 Å². The van der Waals surface area contributed by atoms with Crippen molar-refractivity contribution in [1.82, 2.24) is 10.7 Å². The molecule has 2 N–H and O–H groups in total. The molecule has 0 spiro atoms. The number of amides is 2. The number of benzene rings is 2. The van der Waals surface area contributed by atoms with Crippen molar-refractivity contribution in [1.29, 1.82) is 0 Å². The Balaban J connectivity index is 1.97. The van der Waals surface area contributed by atoms with E-state index in [9.17, 15) is 9.59 Å². The minimum Gasteiger partial charge on any atom is -0.497 e. The van der Waals surface area contributed by atoms with Crippen LogP contribution in [0, 0.1) is 0 Å². The summed E-state index contributed by atoms with van der Waals surface area (Å²) in [7, 11) is 3.09. The van der Waals surface area contributed by atoms with Crippen LogP contribution in [-0.2, 0) is 4.79 Å². The Morgan fingerprint density at radius 1 is 1.06 bits per heavy atom. The van der Waals surface area contributed by atoms with Gasteiger partial charge in [-0.3, -0.25) is 9.59 Å². The second-order valence-corrected chi connectivity index (χ2v) is 7.71. The lowest BCUT2D eigenvalue weighted by Gasteiger charge is -2.15. The summed E-state index contributed by atoms with van der Waals surface area (Å²) >= 11 is 3.46. The number of halogens is 1. The Hall–Kier alpha value is -3.07. The SMILES string of the molecule is COc1ccc(C(=O)NC(C)C(=O)NN=Cc2cc(Br)c(OC(C)C)c(OC)c2)cc1. The first-order valence-electron chi connectivity index (χ1n) is 9.57. The molecule has 31 heavy (non-hydrogen) atoms. The predicted molar refractivity (Wildman–Crippen MR) is 122 cm³/mol. The summed E-state index contributed by atoms with van der Waals surface area (Å²) in [5, 5.41) is 6.59. The summed E-state index contributed by atoms with van der Waals surface area (Å²) in [6, 6.07) is 9.35.